The van der Waals surface area contributed by atoms with Crippen LogP contribution in [-0.4, -0.2) is 21.7 Å². The lowest BCUT2D eigenvalue weighted by molar-refractivity contribution is -0.118. The van der Waals surface area contributed by atoms with Crippen LogP contribution >= 0.6 is 0 Å². The average Bonchev–Trinajstić information content (AvgIpc) is 2.67. The van der Waals surface area contributed by atoms with Crippen LogP contribution in [0.3, 0.4) is 0 Å². The highest BCUT2D eigenvalue weighted by atomic mass is 16.2. The van der Waals surface area contributed by atoms with Crippen LogP contribution in [0.4, 0.5) is 5.69 Å². The van der Waals surface area contributed by atoms with Crippen LogP contribution in [-0.2, 0) is 18.3 Å². The molecule has 0 bridgehead atoms. The number of anilines is 1. The molecule has 0 unspecified atom stereocenters. The number of carbonyl (C=O) groups excluding carboxylic acids is 1. The predicted octanol–water partition coefficient (Wildman–Crippen LogP) is 1.29. The summed E-state index contributed by atoms with van der Waals surface area (Å²) in [5.74, 6) is 0.0406. The first-order valence-corrected chi connectivity index (χ1v) is 6.08. The van der Waals surface area contributed by atoms with E-state index in [1.165, 1.54) is 0 Å². The fourth-order valence-corrected chi connectivity index (χ4v) is 1.63. The Morgan fingerprint density at radius 1 is 1.59 bits per heavy atom. The second-order valence-corrected chi connectivity index (χ2v) is 4.42. The molecule has 1 amide bonds. The topological polar surface area (TPSA) is 72.9 Å². The smallest absolute Gasteiger partial charge is 0.241 e. The van der Waals surface area contributed by atoms with E-state index in [4.69, 9.17) is 5.73 Å². The van der Waals surface area contributed by atoms with Crippen LogP contribution in [0.15, 0.2) is 6.20 Å². The molecular weight excluding hydrogens is 216 g/mol. The SMILES string of the molecule is CCc1nn(C)cc1NC(=O)[C@@H](N)[C@@H](C)CC. The molecule has 1 heterocycles. The maximum atomic E-state index is 11.9. The quantitative estimate of drug-likeness (QED) is 0.812. The highest BCUT2D eigenvalue weighted by Gasteiger charge is 2.20. The monoisotopic (exact) mass is 238 g/mol. The van der Waals surface area contributed by atoms with Gasteiger partial charge in [0.15, 0.2) is 0 Å². The summed E-state index contributed by atoms with van der Waals surface area (Å²) in [4.78, 5) is 11.9. The van der Waals surface area contributed by atoms with E-state index in [1.54, 1.807) is 10.9 Å². The number of aryl methyl sites for hydroxylation is 2. The summed E-state index contributed by atoms with van der Waals surface area (Å²) in [5.41, 5.74) is 7.53. The van der Waals surface area contributed by atoms with Crippen LogP contribution in [0.2, 0.25) is 0 Å². The molecule has 1 aromatic heterocycles. The highest BCUT2D eigenvalue weighted by molar-refractivity contribution is 5.95. The Balaban J connectivity index is 2.73. The Morgan fingerprint density at radius 2 is 2.24 bits per heavy atom. The van der Waals surface area contributed by atoms with Crippen LogP contribution in [0.5, 0.6) is 0 Å². The van der Waals surface area contributed by atoms with E-state index in [0.717, 1.165) is 24.2 Å². The maximum absolute atomic E-state index is 11.9. The van der Waals surface area contributed by atoms with Crippen LogP contribution in [0.25, 0.3) is 0 Å². The summed E-state index contributed by atoms with van der Waals surface area (Å²) in [7, 11) is 1.84. The van der Waals surface area contributed by atoms with Crippen LogP contribution in [0.1, 0.15) is 32.9 Å². The minimum absolute atomic E-state index is 0.137. The average molecular weight is 238 g/mol. The van der Waals surface area contributed by atoms with Gasteiger partial charge in [0.05, 0.1) is 17.4 Å². The second-order valence-electron chi connectivity index (χ2n) is 4.42. The Bertz CT molecular complexity index is 386. The van der Waals surface area contributed by atoms with Crippen molar-refractivity contribution in [1.82, 2.24) is 9.78 Å². The van der Waals surface area contributed by atoms with Gasteiger partial charge in [-0.05, 0) is 12.3 Å². The van der Waals surface area contributed by atoms with Gasteiger partial charge in [-0.2, -0.15) is 5.10 Å². The third-order valence-corrected chi connectivity index (χ3v) is 3.06. The Morgan fingerprint density at radius 3 is 2.76 bits per heavy atom. The molecule has 5 nitrogen and oxygen atoms in total. The molecule has 0 saturated carbocycles. The van der Waals surface area contributed by atoms with Crippen molar-refractivity contribution in [2.75, 3.05) is 5.32 Å². The second kappa shape index (κ2) is 5.82. The maximum Gasteiger partial charge on any atom is 0.241 e. The molecule has 0 aliphatic carbocycles. The number of nitrogens with two attached hydrogens (primary N) is 1. The zero-order valence-corrected chi connectivity index (χ0v) is 11.0. The normalized spacial score (nSPS) is 14.4. The van der Waals surface area contributed by atoms with Crippen molar-refractivity contribution in [2.45, 2.75) is 39.7 Å². The number of rotatable bonds is 5. The van der Waals surface area contributed by atoms with Crippen molar-refractivity contribution >= 4 is 11.6 Å². The van der Waals surface area contributed by atoms with Crippen molar-refractivity contribution in [3.05, 3.63) is 11.9 Å². The highest BCUT2D eigenvalue weighted by Crippen LogP contribution is 2.15. The molecular formula is C12H22N4O. The van der Waals surface area contributed by atoms with Crippen molar-refractivity contribution in [1.29, 1.82) is 0 Å². The van der Waals surface area contributed by atoms with Crippen molar-refractivity contribution in [3.8, 4) is 0 Å². The number of hydrogen-bond acceptors (Lipinski definition) is 3. The van der Waals surface area contributed by atoms with Gasteiger partial charge < -0.3 is 11.1 Å². The van der Waals surface area contributed by atoms with Gasteiger partial charge in [0.25, 0.3) is 0 Å². The van der Waals surface area contributed by atoms with Gasteiger partial charge in [-0.15, -0.1) is 0 Å². The zero-order valence-electron chi connectivity index (χ0n) is 11.0. The summed E-state index contributed by atoms with van der Waals surface area (Å²) in [6.07, 6.45) is 3.48. The van der Waals surface area contributed by atoms with E-state index in [9.17, 15) is 4.79 Å². The molecule has 5 heteroatoms. The lowest BCUT2D eigenvalue weighted by Gasteiger charge is -2.17. The number of nitrogens with zero attached hydrogens (tertiary/aromatic N) is 2. The largest absolute Gasteiger partial charge is 0.322 e. The standard InChI is InChI=1S/C12H22N4O/c1-5-8(3)11(13)12(17)14-10-7-16(4)15-9(10)6-2/h7-8,11H,5-6,13H2,1-4H3,(H,14,17)/t8-,11-/m0/s1. The number of hydrogen-bond donors (Lipinski definition) is 2. The van der Waals surface area contributed by atoms with Crippen LogP contribution in [0, 0.1) is 5.92 Å². The van der Waals surface area contributed by atoms with Gasteiger partial charge in [0.2, 0.25) is 5.91 Å². The summed E-state index contributed by atoms with van der Waals surface area (Å²) >= 11 is 0. The molecule has 0 aliphatic rings. The van der Waals surface area contributed by atoms with Gasteiger partial charge >= 0.3 is 0 Å². The van der Waals surface area contributed by atoms with Crippen molar-refractivity contribution in [3.63, 3.8) is 0 Å². The van der Waals surface area contributed by atoms with E-state index in [2.05, 4.69) is 10.4 Å². The first-order chi connectivity index (χ1) is 7.99. The Hall–Kier alpha value is -1.36. The first-order valence-electron chi connectivity index (χ1n) is 6.08. The van der Waals surface area contributed by atoms with Crippen molar-refractivity contribution < 1.29 is 4.79 Å². The van der Waals surface area contributed by atoms with E-state index >= 15 is 0 Å². The molecule has 3 N–H and O–H groups in total. The molecule has 96 valence electrons. The minimum atomic E-state index is -0.468. The summed E-state index contributed by atoms with van der Waals surface area (Å²) < 4.78 is 1.70. The van der Waals surface area contributed by atoms with Gasteiger partial charge in [-0.1, -0.05) is 27.2 Å². The van der Waals surface area contributed by atoms with Crippen LogP contribution < -0.4 is 11.1 Å². The minimum Gasteiger partial charge on any atom is -0.322 e. The number of nitrogens with one attached hydrogen (secondary N) is 1. The molecule has 0 radical (unpaired) electrons. The Kier molecular flexibility index (Phi) is 4.69. The third kappa shape index (κ3) is 3.30. The Labute approximate surface area is 102 Å². The molecule has 1 rings (SSSR count). The summed E-state index contributed by atoms with van der Waals surface area (Å²) in [5, 5.41) is 7.12. The number of carbonyl (C=O) groups is 1. The summed E-state index contributed by atoms with van der Waals surface area (Å²) in [6, 6.07) is -0.468. The first kappa shape index (κ1) is 13.7. The number of aromatic nitrogens is 2. The lowest BCUT2D eigenvalue weighted by atomic mass is 9.99. The van der Waals surface area contributed by atoms with Crippen molar-refractivity contribution in [2.24, 2.45) is 18.7 Å². The van der Waals surface area contributed by atoms with E-state index < -0.39 is 6.04 Å². The molecule has 0 saturated heterocycles. The zero-order chi connectivity index (χ0) is 13.0. The van der Waals surface area contributed by atoms with E-state index in [-0.39, 0.29) is 11.8 Å². The lowest BCUT2D eigenvalue weighted by Crippen LogP contribution is -2.40. The molecule has 0 spiro atoms. The summed E-state index contributed by atoms with van der Waals surface area (Å²) in [6.45, 7) is 6.01. The van der Waals surface area contributed by atoms with Gasteiger partial charge in [0.1, 0.15) is 0 Å². The molecule has 1 aromatic rings. The predicted molar refractivity (Wildman–Crippen MR) is 68.6 cm³/mol. The molecule has 2 atom stereocenters. The molecule has 17 heavy (non-hydrogen) atoms. The third-order valence-electron chi connectivity index (χ3n) is 3.06. The van der Waals surface area contributed by atoms with Gasteiger partial charge in [-0.3, -0.25) is 9.48 Å². The number of amides is 1. The van der Waals surface area contributed by atoms with Gasteiger partial charge in [-0.25, -0.2) is 0 Å². The fourth-order valence-electron chi connectivity index (χ4n) is 1.63. The van der Waals surface area contributed by atoms with E-state index in [1.807, 2.05) is 27.8 Å². The molecule has 0 fully saturated rings. The fraction of sp³-hybridized carbons (Fsp3) is 0.667. The van der Waals surface area contributed by atoms with Gasteiger partial charge in [0, 0.05) is 13.2 Å². The molecule has 0 aliphatic heterocycles. The van der Waals surface area contributed by atoms with E-state index in [0.29, 0.717) is 0 Å². The molecule has 0 aromatic carbocycles.